The van der Waals surface area contributed by atoms with Gasteiger partial charge in [0.15, 0.2) is 8.07 Å². The van der Waals surface area contributed by atoms with Crippen LogP contribution in [0.2, 0.25) is 0 Å². The number of rotatable bonds is 7. The van der Waals surface area contributed by atoms with E-state index in [2.05, 4.69) is 140 Å². The van der Waals surface area contributed by atoms with Crippen LogP contribution in [-0.2, 0) is 27.8 Å². The van der Waals surface area contributed by atoms with Crippen molar-refractivity contribution in [3.8, 4) is 39.5 Å². The van der Waals surface area contributed by atoms with E-state index in [4.69, 9.17) is 4.98 Å². The molecule has 0 saturated heterocycles. The molecule has 0 unspecified atom stereocenters. The van der Waals surface area contributed by atoms with E-state index < -0.39 is 8.07 Å². The van der Waals surface area contributed by atoms with E-state index >= 15 is 0 Å². The summed E-state index contributed by atoms with van der Waals surface area (Å²) in [6, 6.07) is 52.5. The average Bonchev–Trinajstić information content (AvgIpc) is 3.65. The van der Waals surface area contributed by atoms with Crippen molar-refractivity contribution < 1.29 is 27.5 Å². The summed E-state index contributed by atoms with van der Waals surface area (Å²) in [5.41, 5.74) is 5.72. The number of phenolic OH excluding ortho intramolecular Hbond substituents is 1. The number of phenols is 1. The summed E-state index contributed by atoms with van der Waals surface area (Å²) in [5, 5.41) is 16.0. The van der Waals surface area contributed by atoms with Gasteiger partial charge in [-0.25, -0.2) is 0 Å². The molecule has 5 aromatic carbocycles. The molecule has 0 saturated carbocycles. The van der Waals surface area contributed by atoms with Gasteiger partial charge in [0.1, 0.15) is 5.75 Å². The Labute approximate surface area is 299 Å². The van der Waals surface area contributed by atoms with Gasteiger partial charge < -0.3 is 15.1 Å². The molecule has 48 heavy (non-hydrogen) atoms. The molecule has 6 heteroatoms. The van der Waals surface area contributed by atoms with Crippen LogP contribution in [0.15, 0.2) is 152 Å². The van der Waals surface area contributed by atoms with Crippen LogP contribution >= 0.6 is 0 Å². The fraction of sp³-hybridized carbons (Fsp3) is 0.0952. The maximum atomic E-state index is 11.0. The Balaban J connectivity index is 0.00000401. The zero-order chi connectivity index (χ0) is 32.4. The van der Waals surface area contributed by atoms with E-state index in [1.165, 1.54) is 20.7 Å². The second kappa shape index (κ2) is 13.8. The molecule has 0 spiro atoms. The third-order valence-corrected chi connectivity index (χ3v) is 13.6. The van der Waals surface area contributed by atoms with E-state index in [0.29, 0.717) is 11.3 Å². The van der Waals surface area contributed by atoms with Crippen molar-refractivity contribution in [3.63, 3.8) is 0 Å². The summed E-state index contributed by atoms with van der Waals surface area (Å²) in [5.74, 6) is 0.205. The van der Waals surface area contributed by atoms with Gasteiger partial charge in [0.25, 0.3) is 0 Å². The van der Waals surface area contributed by atoms with Gasteiger partial charge in [0.2, 0.25) is 0 Å². The Morgan fingerprint density at radius 2 is 1.19 bits per heavy atom. The largest absolute Gasteiger partial charge is 0.507 e. The molecule has 7 rings (SSSR count). The number of hydrogen-bond donors (Lipinski definition) is 1. The van der Waals surface area contributed by atoms with E-state index in [0.717, 1.165) is 28.1 Å². The SMILES string of the molecule is CC(C)(C)c1ccc(O)c(-c2cccc(-c3[c-]c(-c4cnc[n-]4)cc([Si](c4ccccc4)(c4ccccc4)c4ccccc4)c3)n2)c1.[Au]. The van der Waals surface area contributed by atoms with E-state index in [1.807, 2.05) is 30.3 Å². The second-order valence-electron chi connectivity index (χ2n) is 12.8. The molecule has 0 aliphatic carbocycles. The smallest absolute Gasteiger partial charge is 0.164 e. The number of aromatic nitrogens is 3. The summed E-state index contributed by atoms with van der Waals surface area (Å²) in [4.78, 5) is 14.0. The van der Waals surface area contributed by atoms with Crippen LogP contribution in [0.4, 0.5) is 0 Å². The molecule has 2 aromatic heterocycles. The first kappa shape index (κ1) is 33.1. The van der Waals surface area contributed by atoms with E-state index in [9.17, 15) is 5.11 Å². The molecular formula is C42H35AuN3OSi-2. The molecule has 241 valence electrons. The molecule has 0 fully saturated rings. The molecule has 2 heterocycles. The Morgan fingerprint density at radius 1 is 0.625 bits per heavy atom. The second-order valence-corrected chi connectivity index (χ2v) is 16.7. The normalized spacial score (nSPS) is 11.6. The van der Waals surface area contributed by atoms with Crippen molar-refractivity contribution in [1.82, 2.24) is 15.0 Å². The fourth-order valence-corrected chi connectivity index (χ4v) is 11.2. The van der Waals surface area contributed by atoms with Gasteiger partial charge in [-0.1, -0.05) is 136 Å². The van der Waals surface area contributed by atoms with Crippen LogP contribution in [0, 0.1) is 6.07 Å². The van der Waals surface area contributed by atoms with Crippen LogP contribution in [-0.4, -0.2) is 23.1 Å². The van der Waals surface area contributed by atoms with Crippen molar-refractivity contribution >= 4 is 28.8 Å². The topological polar surface area (TPSA) is 60.1 Å². The molecule has 0 amide bonds. The Kier molecular flexibility index (Phi) is 9.49. The molecule has 1 N–H and O–H groups in total. The Morgan fingerprint density at radius 3 is 1.73 bits per heavy atom. The maximum Gasteiger partial charge on any atom is 0.164 e. The van der Waals surface area contributed by atoms with Gasteiger partial charge in [-0.3, -0.25) is 4.98 Å². The van der Waals surface area contributed by atoms with Crippen LogP contribution in [0.25, 0.3) is 33.8 Å². The quantitative estimate of drug-likeness (QED) is 0.112. The number of benzene rings is 5. The number of hydrogen-bond acceptors (Lipinski definition) is 3. The first-order chi connectivity index (χ1) is 22.8. The minimum atomic E-state index is -2.86. The number of nitrogens with zero attached hydrogens (tertiary/aromatic N) is 3. The number of imidazole rings is 1. The first-order valence-electron chi connectivity index (χ1n) is 15.8. The monoisotopic (exact) mass is 822 g/mol. The minimum Gasteiger partial charge on any atom is -0.507 e. The molecular weight excluding hydrogens is 788 g/mol. The zero-order valence-corrected chi connectivity index (χ0v) is 30.2. The standard InChI is InChI=1S/C42H35N3OSi.Au/c1-42(2,3)32-22-23-41(46)37(27-32)39-21-13-20-38(45-39)30-24-31(40-28-43-29-44-40)26-36(25-30)47(33-14-7-4-8-15-33,34-16-9-5-10-17-34)35-18-11-6-12-19-35;/h4-23,25-29H,1-3H3,(H-,43,44,45,46);/q-2;. The third-order valence-electron chi connectivity index (χ3n) is 8.82. The van der Waals surface area contributed by atoms with Gasteiger partial charge in [0, 0.05) is 33.6 Å². The van der Waals surface area contributed by atoms with Crippen LogP contribution in [0.5, 0.6) is 5.75 Å². The summed E-state index contributed by atoms with van der Waals surface area (Å²) in [7, 11) is -2.86. The summed E-state index contributed by atoms with van der Waals surface area (Å²) < 4.78 is 0. The van der Waals surface area contributed by atoms with E-state index in [1.54, 1.807) is 18.6 Å². The van der Waals surface area contributed by atoms with E-state index in [-0.39, 0.29) is 33.5 Å². The van der Waals surface area contributed by atoms with Crippen molar-refractivity contribution in [1.29, 1.82) is 0 Å². The van der Waals surface area contributed by atoms with Crippen molar-refractivity contribution in [2.75, 3.05) is 0 Å². The van der Waals surface area contributed by atoms with Gasteiger partial charge in [-0.05, 0) is 44.7 Å². The fourth-order valence-electron chi connectivity index (χ4n) is 6.44. The van der Waals surface area contributed by atoms with Crippen molar-refractivity contribution in [2.24, 2.45) is 0 Å². The number of pyridine rings is 1. The van der Waals surface area contributed by atoms with Crippen LogP contribution in [0.3, 0.4) is 0 Å². The van der Waals surface area contributed by atoms with Crippen LogP contribution in [0.1, 0.15) is 26.3 Å². The summed E-state index contributed by atoms with van der Waals surface area (Å²) >= 11 is 0. The predicted molar refractivity (Wildman–Crippen MR) is 194 cm³/mol. The van der Waals surface area contributed by atoms with Crippen LogP contribution < -0.4 is 25.7 Å². The summed E-state index contributed by atoms with van der Waals surface area (Å²) in [6.45, 7) is 6.51. The van der Waals surface area contributed by atoms with Gasteiger partial charge >= 0.3 is 0 Å². The molecule has 0 aliphatic rings. The average molecular weight is 823 g/mol. The van der Waals surface area contributed by atoms with Gasteiger partial charge in [0.05, 0.1) is 5.69 Å². The van der Waals surface area contributed by atoms with Crippen molar-refractivity contribution in [2.45, 2.75) is 26.2 Å². The zero-order valence-electron chi connectivity index (χ0n) is 27.0. The molecule has 7 aromatic rings. The molecule has 0 atom stereocenters. The molecule has 0 aliphatic heterocycles. The van der Waals surface area contributed by atoms with Crippen molar-refractivity contribution in [3.05, 3.63) is 164 Å². The minimum absolute atomic E-state index is 0. The molecule has 1 radical (unpaired) electrons. The Bertz CT molecular complexity index is 2030. The van der Waals surface area contributed by atoms with Gasteiger partial charge in [-0.2, -0.15) is 0 Å². The maximum absolute atomic E-state index is 11.0. The predicted octanol–water partition coefficient (Wildman–Crippen LogP) is 6.61. The molecule has 4 nitrogen and oxygen atoms in total. The van der Waals surface area contributed by atoms with Gasteiger partial charge in [-0.15, -0.1) is 47.2 Å². The Hall–Kier alpha value is -4.78. The third kappa shape index (κ3) is 6.26. The summed E-state index contributed by atoms with van der Waals surface area (Å²) in [6.07, 6.45) is 3.37. The first-order valence-corrected chi connectivity index (χ1v) is 17.8. The molecule has 0 bridgehead atoms. The number of aromatic hydroxyl groups is 1.